The fraction of sp³-hybridized carbons (Fsp3) is 0.778. The lowest BCUT2D eigenvalue weighted by Gasteiger charge is -2.16. The van der Waals surface area contributed by atoms with Gasteiger partial charge in [-0.1, -0.05) is 19.8 Å². The number of halogens is 2. The molecule has 6 nitrogen and oxygen atoms in total. The number of hydrogen-bond donors (Lipinski definition) is 4. The normalized spacial score (nSPS) is 12.6. The smallest absolute Gasteiger partial charge is 0.326 e. The highest BCUT2D eigenvalue weighted by atomic mass is 35.5. The van der Waals surface area contributed by atoms with E-state index in [0.717, 1.165) is 12.8 Å². The van der Waals surface area contributed by atoms with Crippen LogP contribution >= 0.6 is 24.8 Å². The van der Waals surface area contributed by atoms with Crippen molar-refractivity contribution in [3.63, 3.8) is 0 Å². The number of aliphatic carboxylic acids is 1. The molecule has 0 bridgehead atoms. The Hall–Kier alpha value is -0.560. The van der Waals surface area contributed by atoms with Gasteiger partial charge in [-0.25, -0.2) is 4.79 Å². The lowest BCUT2D eigenvalue weighted by molar-refractivity contribution is -0.142. The molecule has 0 rings (SSSR count). The number of amides is 1. The first-order valence-electron chi connectivity index (χ1n) is 5.01. The van der Waals surface area contributed by atoms with Crippen molar-refractivity contribution in [1.82, 2.24) is 5.32 Å². The molecule has 0 aromatic carbocycles. The summed E-state index contributed by atoms with van der Waals surface area (Å²) in [5, 5.41) is 11.2. The van der Waals surface area contributed by atoms with Crippen LogP contribution in [0.2, 0.25) is 0 Å². The van der Waals surface area contributed by atoms with Gasteiger partial charge in [0.1, 0.15) is 6.04 Å². The van der Waals surface area contributed by atoms with E-state index < -0.39 is 24.0 Å². The number of carboxylic acid groups (broad SMARTS) is 1. The minimum atomic E-state index is -1.04. The zero-order chi connectivity index (χ0) is 11.8. The predicted octanol–water partition coefficient (Wildman–Crippen LogP) is -0.124. The highest BCUT2D eigenvalue weighted by Gasteiger charge is 2.21. The van der Waals surface area contributed by atoms with Gasteiger partial charge < -0.3 is 21.9 Å². The van der Waals surface area contributed by atoms with Crippen molar-refractivity contribution in [3.05, 3.63) is 0 Å². The molecule has 1 amide bonds. The van der Waals surface area contributed by atoms with Gasteiger partial charge in [0.15, 0.2) is 0 Å². The molecule has 17 heavy (non-hydrogen) atoms. The van der Waals surface area contributed by atoms with Gasteiger partial charge in [-0.2, -0.15) is 0 Å². The van der Waals surface area contributed by atoms with Crippen LogP contribution in [0.5, 0.6) is 0 Å². The summed E-state index contributed by atoms with van der Waals surface area (Å²) in [6, 6.07) is -1.71. The SMILES string of the molecule is CCCC[C@H](NC(=O)[C@@H](N)CN)C(=O)O.Cl.Cl. The minimum absolute atomic E-state index is 0. The molecule has 0 aromatic heterocycles. The lowest BCUT2D eigenvalue weighted by Crippen LogP contribution is -2.51. The van der Waals surface area contributed by atoms with E-state index in [-0.39, 0.29) is 31.4 Å². The average molecular weight is 290 g/mol. The average Bonchev–Trinajstić information content (AvgIpc) is 2.22. The van der Waals surface area contributed by atoms with Crippen molar-refractivity contribution in [2.75, 3.05) is 6.54 Å². The fourth-order valence-corrected chi connectivity index (χ4v) is 1.05. The maximum Gasteiger partial charge on any atom is 0.326 e. The molecule has 0 saturated carbocycles. The summed E-state index contributed by atoms with van der Waals surface area (Å²) in [5.41, 5.74) is 10.6. The zero-order valence-corrected chi connectivity index (χ0v) is 11.4. The van der Waals surface area contributed by atoms with Gasteiger partial charge >= 0.3 is 5.97 Å². The Balaban J connectivity index is -0.000000980. The zero-order valence-electron chi connectivity index (χ0n) is 9.72. The maximum atomic E-state index is 11.3. The fourth-order valence-electron chi connectivity index (χ4n) is 1.05. The Morgan fingerprint density at radius 3 is 2.24 bits per heavy atom. The molecule has 6 N–H and O–H groups in total. The van der Waals surface area contributed by atoms with E-state index in [1.165, 1.54) is 0 Å². The molecule has 104 valence electrons. The van der Waals surface area contributed by atoms with E-state index in [1.807, 2.05) is 6.92 Å². The van der Waals surface area contributed by atoms with Gasteiger partial charge in [0.25, 0.3) is 0 Å². The summed E-state index contributed by atoms with van der Waals surface area (Å²) < 4.78 is 0. The van der Waals surface area contributed by atoms with E-state index in [1.54, 1.807) is 0 Å². The number of rotatable bonds is 7. The number of nitrogens with two attached hydrogens (primary N) is 2. The van der Waals surface area contributed by atoms with Gasteiger partial charge in [0, 0.05) is 6.54 Å². The van der Waals surface area contributed by atoms with Crippen molar-refractivity contribution in [1.29, 1.82) is 0 Å². The van der Waals surface area contributed by atoms with Gasteiger partial charge in [-0.05, 0) is 6.42 Å². The van der Waals surface area contributed by atoms with Crippen molar-refractivity contribution in [3.8, 4) is 0 Å². The van der Waals surface area contributed by atoms with Crippen LogP contribution in [0.4, 0.5) is 0 Å². The number of hydrogen-bond acceptors (Lipinski definition) is 4. The van der Waals surface area contributed by atoms with Gasteiger partial charge in [0.05, 0.1) is 6.04 Å². The first kappa shape index (κ1) is 21.7. The second kappa shape index (κ2) is 11.9. The number of unbranched alkanes of at least 4 members (excludes halogenated alkanes) is 1. The molecule has 0 heterocycles. The molecule has 0 aliphatic rings. The topological polar surface area (TPSA) is 118 Å². The molecule has 8 heteroatoms. The standard InChI is InChI=1S/C9H19N3O3.2ClH/c1-2-3-4-7(9(14)15)12-8(13)6(11)5-10;;/h6-7H,2-5,10-11H2,1H3,(H,12,13)(H,14,15);2*1H/t6-,7-;;/m0../s1. The Bertz CT molecular complexity index is 230. The van der Waals surface area contributed by atoms with Gasteiger partial charge in [-0.15, -0.1) is 24.8 Å². The van der Waals surface area contributed by atoms with E-state index in [2.05, 4.69) is 5.32 Å². The highest BCUT2D eigenvalue weighted by molar-refractivity contribution is 5.86. The lowest BCUT2D eigenvalue weighted by atomic mass is 10.1. The third-order valence-electron chi connectivity index (χ3n) is 2.05. The first-order chi connectivity index (χ1) is 7.02. The Kier molecular flexibility index (Phi) is 15.2. The highest BCUT2D eigenvalue weighted by Crippen LogP contribution is 2.01. The second-order valence-electron chi connectivity index (χ2n) is 3.38. The van der Waals surface area contributed by atoms with E-state index >= 15 is 0 Å². The third-order valence-corrected chi connectivity index (χ3v) is 2.05. The van der Waals surface area contributed by atoms with Crippen LogP contribution < -0.4 is 16.8 Å². The molecule has 0 saturated heterocycles. The maximum absolute atomic E-state index is 11.3. The van der Waals surface area contributed by atoms with Crippen molar-refractivity contribution < 1.29 is 14.7 Å². The Morgan fingerprint density at radius 2 is 1.88 bits per heavy atom. The summed E-state index contributed by atoms with van der Waals surface area (Å²) in [5.74, 6) is -1.55. The summed E-state index contributed by atoms with van der Waals surface area (Å²) >= 11 is 0. The largest absolute Gasteiger partial charge is 0.480 e. The Morgan fingerprint density at radius 1 is 1.35 bits per heavy atom. The number of carbonyl (C=O) groups is 2. The van der Waals surface area contributed by atoms with Crippen LogP contribution in [-0.2, 0) is 9.59 Å². The van der Waals surface area contributed by atoms with Crippen LogP contribution in [0.15, 0.2) is 0 Å². The number of carbonyl (C=O) groups excluding carboxylic acids is 1. The minimum Gasteiger partial charge on any atom is -0.480 e. The number of nitrogens with one attached hydrogen (secondary N) is 1. The van der Waals surface area contributed by atoms with Crippen LogP contribution in [-0.4, -0.2) is 35.6 Å². The molecule has 0 radical (unpaired) electrons. The third kappa shape index (κ3) is 9.17. The molecule has 0 aliphatic heterocycles. The van der Waals surface area contributed by atoms with E-state index in [9.17, 15) is 9.59 Å². The molecule has 0 aliphatic carbocycles. The quantitative estimate of drug-likeness (QED) is 0.521. The monoisotopic (exact) mass is 289 g/mol. The first-order valence-corrected chi connectivity index (χ1v) is 5.01. The van der Waals surface area contributed by atoms with Gasteiger partial charge in [0.2, 0.25) is 5.91 Å². The molecular formula is C9H21Cl2N3O3. The second-order valence-corrected chi connectivity index (χ2v) is 3.38. The van der Waals surface area contributed by atoms with Crippen molar-refractivity contribution in [2.24, 2.45) is 11.5 Å². The molecule has 2 atom stereocenters. The number of carboxylic acids is 1. The van der Waals surface area contributed by atoms with Crippen LogP contribution in [0.3, 0.4) is 0 Å². The summed E-state index contributed by atoms with van der Waals surface area (Å²) in [6.45, 7) is 1.96. The Labute approximate surface area is 113 Å². The molecule has 0 spiro atoms. The molecule has 0 unspecified atom stereocenters. The molecular weight excluding hydrogens is 269 g/mol. The molecule has 0 fully saturated rings. The molecule has 0 aromatic rings. The predicted molar refractivity (Wildman–Crippen MR) is 70.6 cm³/mol. The van der Waals surface area contributed by atoms with Crippen LogP contribution in [0.25, 0.3) is 0 Å². The van der Waals surface area contributed by atoms with E-state index in [0.29, 0.717) is 6.42 Å². The summed E-state index contributed by atoms with van der Waals surface area (Å²) in [4.78, 5) is 22.0. The van der Waals surface area contributed by atoms with Crippen molar-refractivity contribution in [2.45, 2.75) is 38.3 Å². The van der Waals surface area contributed by atoms with E-state index in [4.69, 9.17) is 16.6 Å². The van der Waals surface area contributed by atoms with Crippen molar-refractivity contribution >= 4 is 36.7 Å². The summed E-state index contributed by atoms with van der Waals surface area (Å²) in [7, 11) is 0. The van der Waals surface area contributed by atoms with Crippen LogP contribution in [0, 0.1) is 0 Å². The van der Waals surface area contributed by atoms with Crippen LogP contribution in [0.1, 0.15) is 26.2 Å². The van der Waals surface area contributed by atoms with Gasteiger partial charge in [-0.3, -0.25) is 4.79 Å². The summed E-state index contributed by atoms with van der Waals surface area (Å²) in [6.07, 6.45) is 2.03.